The van der Waals surface area contributed by atoms with Crippen LogP contribution in [-0.2, 0) is 9.47 Å². The number of ether oxygens (including phenoxy) is 2. The van der Waals surface area contributed by atoms with Crippen LogP contribution in [0.5, 0.6) is 0 Å². The Bertz CT molecular complexity index is 188. The lowest BCUT2D eigenvalue weighted by Gasteiger charge is -2.23. The van der Waals surface area contributed by atoms with E-state index in [2.05, 4.69) is 11.8 Å². The second-order valence-electron chi connectivity index (χ2n) is 3.05. The summed E-state index contributed by atoms with van der Waals surface area (Å²) in [4.78, 5) is 0. The SMILES string of the molecule is C#CCOCC(C)(N)COCC#C. The predicted molar refractivity (Wildman–Crippen MR) is 51.9 cm³/mol. The molecule has 0 saturated heterocycles. The lowest BCUT2D eigenvalue weighted by Crippen LogP contribution is -2.45. The van der Waals surface area contributed by atoms with Crippen LogP contribution in [0.1, 0.15) is 6.92 Å². The molecule has 3 heteroatoms. The maximum Gasteiger partial charge on any atom is 0.107 e. The van der Waals surface area contributed by atoms with Gasteiger partial charge in [-0.05, 0) is 6.92 Å². The molecular weight excluding hydrogens is 166 g/mol. The topological polar surface area (TPSA) is 44.5 Å². The van der Waals surface area contributed by atoms with Crippen LogP contribution in [0, 0.1) is 24.7 Å². The molecule has 0 heterocycles. The van der Waals surface area contributed by atoms with Gasteiger partial charge in [-0.15, -0.1) is 12.8 Å². The number of rotatable bonds is 6. The van der Waals surface area contributed by atoms with E-state index >= 15 is 0 Å². The second-order valence-corrected chi connectivity index (χ2v) is 3.05. The van der Waals surface area contributed by atoms with Crippen LogP contribution in [0.2, 0.25) is 0 Å². The smallest absolute Gasteiger partial charge is 0.107 e. The molecule has 3 nitrogen and oxygen atoms in total. The van der Waals surface area contributed by atoms with E-state index in [1.165, 1.54) is 0 Å². The zero-order valence-electron chi connectivity index (χ0n) is 7.88. The molecule has 0 amide bonds. The van der Waals surface area contributed by atoms with Gasteiger partial charge in [0.1, 0.15) is 13.2 Å². The van der Waals surface area contributed by atoms with Gasteiger partial charge in [-0.25, -0.2) is 0 Å². The van der Waals surface area contributed by atoms with Crippen LogP contribution in [0.15, 0.2) is 0 Å². The molecular formula is C10H15NO2. The third-order valence-corrected chi connectivity index (χ3v) is 1.23. The van der Waals surface area contributed by atoms with Gasteiger partial charge in [-0.1, -0.05) is 11.8 Å². The third kappa shape index (κ3) is 7.36. The minimum absolute atomic E-state index is 0.266. The monoisotopic (exact) mass is 181 g/mol. The van der Waals surface area contributed by atoms with Crippen molar-refractivity contribution >= 4 is 0 Å². The summed E-state index contributed by atoms with van der Waals surface area (Å²) in [5, 5.41) is 0. The molecule has 0 fully saturated rings. The molecule has 0 aliphatic carbocycles. The molecule has 0 bridgehead atoms. The Hall–Kier alpha value is -1.00. The lowest BCUT2D eigenvalue weighted by atomic mass is 10.1. The summed E-state index contributed by atoms with van der Waals surface area (Å²) >= 11 is 0. The van der Waals surface area contributed by atoms with Gasteiger partial charge in [0, 0.05) is 0 Å². The van der Waals surface area contributed by atoms with Gasteiger partial charge in [0.25, 0.3) is 0 Å². The minimum Gasteiger partial charge on any atom is -0.367 e. The lowest BCUT2D eigenvalue weighted by molar-refractivity contribution is 0.0516. The van der Waals surface area contributed by atoms with Crippen LogP contribution < -0.4 is 5.73 Å². The normalized spacial score (nSPS) is 10.5. The van der Waals surface area contributed by atoms with Crippen molar-refractivity contribution in [3.63, 3.8) is 0 Å². The van der Waals surface area contributed by atoms with Crippen LogP contribution in [0.25, 0.3) is 0 Å². The van der Waals surface area contributed by atoms with E-state index in [0.29, 0.717) is 13.2 Å². The number of hydrogen-bond acceptors (Lipinski definition) is 3. The molecule has 0 aromatic rings. The van der Waals surface area contributed by atoms with Crippen molar-refractivity contribution in [2.45, 2.75) is 12.5 Å². The Morgan fingerprint density at radius 1 is 1.15 bits per heavy atom. The van der Waals surface area contributed by atoms with E-state index in [-0.39, 0.29) is 13.2 Å². The van der Waals surface area contributed by atoms with E-state index in [0.717, 1.165) is 0 Å². The summed E-state index contributed by atoms with van der Waals surface area (Å²) < 4.78 is 10.2. The number of hydrogen-bond donors (Lipinski definition) is 1. The maximum absolute atomic E-state index is 5.81. The van der Waals surface area contributed by atoms with Gasteiger partial charge in [0.15, 0.2) is 0 Å². The van der Waals surface area contributed by atoms with Crippen molar-refractivity contribution in [1.82, 2.24) is 0 Å². The average molecular weight is 181 g/mol. The van der Waals surface area contributed by atoms with Gasteiger partial charge in [-0.2, -0.15) is 0 Å². The first kappa shape index (κ1) is 12.0. The van der Waals surface area contributed by atoms with Gasteiger partial charge in [-0.3, -0.25) is 0 Å². The number of nitrogens with two attached hydrogens (primary N) is 1. The standard InChI is InChI=1S/C10H15NO2/c1-4-6-12-8-10(3,11)9-13-7-5-2/h1-2H,6-9,11H2,3H3. The summed E-state index contributed by atoms with van der Waals surface area (Å²) in [5.41, 5.74) is 5.28. The van der Waals surface area contributed by atoms with Crippen molar-refractivity contribution in [3.05, 3.63) is 0 Å². The van der Waals surface area contributed by atoms with E-state index in [1.807, 2.05) is 6.92 Å². The summed E-state index contributed by atoms with van der Waals surface area (Å²) in [6.07, 6.45) is 10.0. The van der Waals surface area contributed by atoms with Gasteiger partial charge in [0.05, 0.1) is 18.8 Å². The zero-order valence-corrected chi connectivity index (χ0v) is 7.88. The summed E-state index contributed by atoms with van der Waals surface area (Å²) in [6.45, 7) is 3.08. The van der Waals surface area contributed by atoms with Crippen molar-refractivity contribution in [2.75, 3.05) is 26.4 Å². The Kier molecular flexibility index (Phi) is 6.01. The van der Waals surface area contributed by atoms with Crippen molar-refractivity contribution in [1.29, 1.82) is 0 Å². The van der Waals surface area contributed by atoms with Crippen LogP contribution in [0.3, 0.4) is 0 Å². The quantitative estimate of drug-likeness (QED) is 0.463. The van der Waals surface area contributed by atoms with E-state index in [4.69, 9.17) is 28.1 Å². The molecule has 0 aromatic heterocycles. The van der Waals surface area contributed by atoms with E-state index < -0.39 is 5.54 Å². The highest BCUT2D eigenvalue weighted by Gasteiger charge is 2.18. The maximum atomic E-state index is 5.81. The third-order valence-electron chi connectivity index (χ3n) is 1.23. The van der Waals surface area contributed by atoms with Crippen molar-refractivity contribution < 1.29 is 9.47 Å². The molecule has 0 aliphatic heterocycles. The molecule has 72 valence electrons. The Labute approximate surface area is 79.6 Å². The highest BCUT2D eigenvalue weighted by molar-refractivity contribution is 4.86. The first-order chi connectivity index (χ1) is 6.12. The van der Waals surface area contributed by atoms with Crippen LogP contribution >= 0.6 is 0 Å². The molecule has 0 saturated carbocycles. The first-order valence-corrected chi connectivity index (χ1v) is 3.93. The Morgan fingerprint density at radius 2 is 1.54 bits per heavy atom. The molecule has 13 heavy (non-hydrogen) atoms. The first-order valence-electron chi connectivity index (χ1n) is 3.93. The largest absolute Gasteiger partial charge is 0.367 e. The summed E-state index contributed by atoms with van der Waals surface area (Å²) in [6, 6.07) is 0. The second kappa shape index (κ2) is 6.51. The van der Waals surface area contributed by atoms with Crippen molar-refractivity contribution in [3.8, 4) is 24.7 Å². The van der Waals surface area contributed by atoms with Gasteiger partial charge in [0.2, 0.25) is 0 Å². The molecule has 0 aromatic carbocycles. The van der Waals surface area contributed by atoms with Crippen LogP contribution in [0.4, 0.5) is 0 Å². The Balaban J connectivity index is 3.56. The van der Waals surface area contributed by atoms with E-state index in [1.54, 1.807) is 0 Å². The highest BCUT2D eigenvalue weighted by atomic mass is 16.5. The molecule has 0 rings (SSSR count). The molecule has 2 N–H and O–H groups in total. The van der Waals surface area contributed by atoms with Gasteiger partial charge < -0.3 is 15.2 Å². The fourth-order valence-electron chi connectivity index (χ4n) is 0.728. The minimum atomic E-state index is -0.534. The van der Waals surface area contributed by atoms with Gasteiger partial charge >= 0.3 is 0 Å². The molecule has 0 spiro atoms. The Morgan fingerprint density at radius 3 is 1.85 bits per heavy atom. The van der Waals surface area contributed by atoms with Crippen molar-refractivity contribution in [2.24, 2.45) is 5.73 Å². The molecule has 0 unspecified atom stereocenters. The number of terminal acetylenes is 2. The van der Waals surface area contributed by atoms with E-state index in [9.17, 15) is 0 Å². The average Bonchev–Trinajstić information content (AvgIpc) is 2.05. The predicted octanol–water partition coefficient (Wildman–Crippen LogP) is 0.00340. The molecule has 0 radical (unpaired) electrons. The molecule has 0 atom stereocenters. The molecule has 0 aliphatic rings. The summed E-state index contributed by atoms with van der Waals surface area (Å²) in [7, 11) is 0. The fraction of sp³-hybridized carbons (Fsp3) is 0.600. The highest BCUT2D eigenvalue weighted by Crippen LogP contribution is 2.00. The zero-order chi connectivity index (χ0) is 10.2. The van der Waals surface area contributed by atoms with Crippen LogP contribution in [-0.4, -0.2) is 32.0 Å². The summed E-state index contributed by atoms with van der Waals surface area (Å²) in [5.74, 6) is 4.71. The fourth-order valence-corrected chi connectivity index (χ4v) is 0.728.